The van der Waals surface area contributed by atoms with Crippen LogP contribution in [0.1, 0.15) is 44.6 Å². The van der Waals surface area contributed by atoms with E-state index in [2.05, 4.69) is 5.32 Å². The lowest BCUT2D eigenvalue weighted by Gasteiger charge is -2.31. The summed E-state index contributed by atoms with van der Waals surface area (Å²) >= 11 is 5.91. The average Bonchev–Trinajstić information content (AvgIpc) is 2.82. The van der Waals surface area contributed by atoms with Crippen molar-refractivity contribution in [3.63, 3.8) is 0 Å². The first-order chi connectivity index (χ1) is 15.5. The first-order valence-electron chi connectivity index (χ1n) is 11.1. The average molecular weight is 459 g/mol. The summed E-state index contributed by atoms with van der Waals surface area (Å²) in [5, 5.41) is 3.72. The summed E-state index contributed by atoms with van der Waals surface area (Å²) < 4.78 is 11.0. The van der Waals surface area contributed by atoms with Gasteiger partial charge in [0.05, 0.1) is 7.11 Å². The third-order valence-corrected chi connectivity index (χ3v) is 6.03. The van der Waals surface area contributed by atoms with Gasteiger partial charge in [0.2, 0.25) is 5.91 Å². The maximum absolute atomic E-state index is 13.1. The number of ether oxygens (including phenoxy) is 2. The summed E-state index contributed by atoms with van der Waals surface area (Å²) in [5.74, 6) is 0.837. The molecule has 0 bridgehead atoms. The summed E-state index contributed by atoms with van der Waals surface area (Å²) in [6.07, 6.45) is 5.44. The molecule has 0 radical (unpaired) electrons. The van der Waals surface area contributed by atoms with Gasteiger partial charge >= 0.3 is 0 Å². The highest BCUT2D eigenvalue weighted by Crippen LogP contribution is 2.20. The number of rotatable bonds is 9. The number of carbonyl (C=O) groups excluding carboxylic acids is 2. The molecule has 32 heavy (non-hydrogen) atoms. The first-order valence-corrected chi connectivity index (χ1v) is 11.4. The third-order valence-electron chi connectivity index (χ3n) is 5.78. The number of nitrogens with one attached hydrogen (secondary N) is 1. The summed E-state index contributed by atoms with van der Waals surface area (Å²) in [6, 6.07) is 13.9. The van der Waals surface area contributed by atoms with Crippen molar-refractivity contribution in [2.24, 2.45) is 0 Å². The minimum absolute atomic E-state index is 0.139. The van der Waals surface area contributed by atoms with Crippen LogP contribution < -0.4 is 14.8 Å². The Morgan fingerprint density at radius 2 is 1.81 bits per heavy atom. The minimum atomic E-state index is -0.635. The Labute approximate surface area is 194 Å². The van der Waals surface area contributed by atoms with Crippen molar-refractivity contribution in [1.82, 2.24) is 10.2 Å². The lowest BCUT2D eigenvalue weighted by molar-refractivity contribution is -0.142. The molecule has 1 unspecified atom stereocenters. The number of nitrogens with zero attached hydrogens (tertiary/aromatic N) is 1. The molecule has 1 saturated carbocycles. The fraction of sp³-hybridized carbons (Fsp3) is 0.440. The Bertz CT molecular complexity index is 897. The fourth-order valence-corrected chi connectivity index (χ4v) is 4.00. The SMILES string of the molecule is COc1cccc(CN(C(=O)COc2ccc(Cl)cc2)C(C)C(=O)NC2CCCCC2)c1. The highest BCUT2D eigenvalue weighted by Gasteiger charge is 2.28. The van der Waals surface area contributed by atoms with E-state index in [1.54, 1.807) is 43.2 Å². The van der Waals surface area contributed by atoms with Crippen LogP contribution in [0.3, 0.4) is 0 Å². The second-order valence-electron chi connectivity index (χ2n) is 8.14. The fourth-order valence-electron chi connectivity index (χ4n) is 3.88. The van der Waals surface area contributed by atoms with Crippen molar-refractivity contribution in [3.8, 4) is 11.5 Å². The third kappa shape index (κ3) is 6.89. The van der Waals surface area contributed by atoms with E-state index in [-0.39, 0.29) is 31.0 Å². The van der Waals surface area contributed by atoms with Crippen LogP contribution in [-0.2, 0) is 16.1 Å². The monoisotopic (exact) mass is 458 g/mol. The molecule has 7 heteroatoms. The number of hydrogen-bond donors (Lipinski definition) is 1. The van der Waals surface area contributed by atoms with Gasteiger partial charge in [-0.1, -0.05) is 43.0 Å². The Hall–Kier alpha value is -2.73. The molecule has 0 saturated heterocycles. The topological polar surface area (TPSA) is 67.9 Å². The Morgan fingerprint density at radius 3 is 2.50 bits per heavy atom. The van der Waals surface area contributed by atoms with E-state index in [0.29, 0.717) is 16.5 Å². The van der Waals surface area contributed by atoms with E-state index in [9.17, 15) is 9.59 Å². The zero-order valence-corrected chi connectivity index (χ0v) is 19.4. The van der Waals surface area contributed by atoms with Crippen molar-refractivity contribution in [2.45, 2.75) is 57.7 Å². The van der Waals surface area contributed by atoms with Crippen molar-refractivity contribution >= 4 is 23.4 Å². The zero-order chi connectivity index (χ0) is 22.9. The predicted octanol–water partition coefficient (Wildman–Crippen LogP) is 4.59. The van der Waals surface area contributed by atoms with Crippen LogP contribution in [0.15, 0.2) is 48.5 Å². The van der Waals surface area contributed by atoms with E-state index >= 15 is 0 Å². The molecule has 1 atom stereocenters. The number of methoxy groups -OCH3 is 1. The van der Waals surface area contributed by atoms with Gasteiger partial charge in [-0.25, -0.2) is 0 Å². The second kappa shape index (κ2) is 11.8. The molecule has 3 rings (SSSR count). The number of halogens is 1. The van der Waals surface area contributed by atoms with E-state index in [0.717, 1.165) is 31.2 Å². The maximum Gasteiger partial charge on any atom is 0.261 e. The molecule has 2 aromatic carbocycles. The molecule has 0 spiro atoms. The van der Waals surface area contributed by atoms with Gasteiger partial charge in [0.15, 0.2) is 6.61 Å². The number of amides is 2. The molecule has 0 aromatic heterocycles. The number of carbonyl (C=O) groups is 2. The van der Waals surface area contributed by atoms with Gasteiger partial charge in [-0.15, -0.1) is 0 Å². The van der Waals surface area contributed by atoms with Crippen molar-refractivity contribution in [2.75, 3.05) is 13.7 Å². The predicted molar refractivity (Wildman–Crippen MR) is 125 cm³/mol. The van der Waals surface area contributed by atoms with Crippen molar-refractivity contribution in [1.29, 1.82) is 0 Å². The molecule has 6 nitrogen and oxygen atoms in total. The van der Waals surface area contributed by atoms with E-state index in [4.69, 9.17) is 21.1 Å². The summed E-state index contributed by atoms with van der Waals surface area (Å²) in [7, 11) is 1.60. The van der Waals surface area contributed by atoms with Gasteiger partial charge in [0, 0.05) is 17.6 Å². The van der Waals surface area contributed by atoms with Crippen LogP contribution in [0.5, 0.6) is 11.5 Å². The smallest absolute Gasteiger partial charge is 0.261 e. The molecule has 0 aliphatic heterocycles. The van der Waals surface area contributed by atoms with Gasteiger partial charge in [-0.05, 0) is 61.7 Å². The van der Waals surface area contributed by atoms with Crippen LogP contribution in [-0.4, -0.2) is 42.5 Å². The zero-order valence-electron chi connectivity index (χ0n) is 18.7. The van der Waals surface area contributed by atoms with E-state index in [1.807, 2.05) is 24.3 Å². The molecule has 2 aromatic rings. The van der Waals surface area contributed by atoms with Gasteiger partial charge < -0.3 is 19.7 Å². The Kier molecular flexibility index (Phi) is 8.80. The van der Waals surface area contributed by atoms with E-state index < -0.39 is 6.04 Å². The number of benzene rings is 2. The Balaban J connectivity index is 1.71. The highest BCUT2D eigenvalue weighted by molar-refractivity contribution is 6.30. The largest absolute Gasteiger partial charge is 0.497 e. The van der Waals surface area contributed by atoms with Gasteiger partial charge in [0.25, 0.3) is 5.91 Å². The standard InChI is InChI=1S/C25H31ClN2O4/c1-18(25(30)27-21-8-4-3-5-9-21)28(16-19-7-6-10-23(15-19)31-2)24(29)17-32-22-13-11-20(26)12-14-22/h6-7,10-15,18,21H,3-5,8-9,16-17H2,1-2H3,(H,27,30). The van der Waals surface area contributed by atoms with E-state index in [1.165, 1.54) is 6.42 Å². The molecular formula is C25H31ClN2O4. The van der Waals surface area contributed by atoms with Gasteiger partial charge in [-0.2, -0.15) is 0 Å². The molecule has 1 N–H and O–H groups in total. The summed E-state index contributed by atoms with van der Waals surface area (Å²) in [6.45, 7) is 1.87. The minimum Gasteiger partial charge on any atom is -0.497 e. The van der Waals surface area contributed by atoms with Crippen molar-refractivity contribution < 1.29 is 19.1 Å². The molecule has 1 aliphatic carbocycles. The summed E-state index contributed by atoms with van der Waals surface area (Å²) in [5.41, 5.74) is 0.876. The van der Waals surface area contributed by atoms with Crippen LogP contribution >= 0.6 is 11.6 Å². The molecular weight excluding hydrogens is 428 g/mol. The van der Waals surface area contributed by atoms with Gasteiger partial charge in [0.1, 0.15) is 17.5 Å². The molecule has 172 valence electrons. The van der Waals surface area contributed by atoms with Crippen LogP contribution in [0.25, 0.3) is 0 Å². The van der Waals surface area contributed by atoms with Crippen LogP contribution in [0.4, 0.5) is 0 Å². The lowest BCUT2D eigenvalue weighted by Crippen LogP contribution is -2.51. The van der Waals surface area contributed by atoms with Crippen molar-refractivity contribution in [3.05, 3.63) is 59.1 Å². The second-order valence-corrected chi connectivity index (χ2v) is 8.57. The summed E-state index contributed by atoms with van der Waals surface area (Å²) in [4.78, 5) is 27.7. The lowest BCUT2D eigenvalue weighted by atomic mass is 9.95. The molecule has 1 aliphatic rings. The number of hydrogen-bond acceptors (Lipinski definition) is 4. The molecule has 1 fully saturated rings. The molecule has 2 amide bonds. The van der Waals surface area contributed by atoms with Crippen LogP contribution in [0, 0.1) is 0 Å². The van der Waals surface area contributed by atoms with Gasteiger partial charge in [-0.3, -0.25) is 9.59 Å². The quantitative estimate of drug-likeness (QED) is 0.596. The van der Waals surface area contributed by atoms with Crippen LogP contribution in [0.2, 0.25) is 5.02 Å². The normalized spacial score (nSPS) is 15.0. The molecule has 0 heterocycles. The first kappa shape index (κ1) is 23.9. The highest BCUT2D eigenvalue weighted by atomic mass is 35.5. The Morgan fingerprint density at radius 1 is 1.09 bits per heavy atom. The maximum atomic E-state index is 13.1.